The third-order valence-electron chi connectivity index (χ3n) is 3.65. The summed E-state index contributed by atoms with van der Waals surface area (Å²) in [6.45, 7) is 15.5. The first-order chi connectivity index (χ1) is 7.94. The summed E-state index contributed by atoms with van der Waals surface area (Å²) in [4.78, 5) is 2.25. The normalized spacial score (nSPS) is 26.8. The van der Waals surface area contributed by atoms with Crippen molar-refractivity contribution in [2.45, 2.75) is 65.2 Å². The van der Waals surface area contributed by atoms with Gasteiger partial charge in [-0.25, -0.2) is 0 Å². The summed E-state index contributed by atoms with van der Waals surface area (Å²) >= 11 is 0. The second-order valence-electron chi connectivity index (χ2n) is 8.00. The van der Waals surface area contributed by atoms with Crippen molar-refractivity contribution >= 4 is 0 Å². The fraction of sp³-hybridized carbons (Fsp3) is 1.00. The molecule has 0 radical (unpaired) electrons. The van der Waals surface area contributed by atoms with Gasteiger partial charge in [-0.1, -0.05) is 13.8 Å². The zero-order valence-corrected chi connectivity index (χ0v) is 13.6. The second-order valence-corrected chi connectivity index (χ2v) is 8.00. The van der Waals surface area contributed by atoms with Gasteiger partial charge in [0.1, 0.15) is 0 Å². The summed E-state index contributed by atoms with van der Waals surface area (Å²) in [5.74, 6) is 0. The number of nitrogens with zero attached hydrogens (tertiary/aromatic N) is 1. The van der Waals surface area contributed by atoms with Crippen molar-refractivity contribution in [3.63, 3.8) is 0 Å². The Balaban J connectivity index is 2.53. The van der Waals surface area contributed by atoms with Crippen molar-refractivity contribution in [3.8, 4) is 0 Å². The zero-order valence-electron chi connectivity index (χ0n) is 13.6. The Morgan fingerprint density at radius 2 is 1.78 bits per heavy atom. The van der Waals surface area contributed by atoms with Gasteiger partial charge in [0.2, 0.25) is 0 Å². The van der Waals surface area contributed by atoms with Crippen LogP contribution in [0.4, 0.5) is 0 Å². The van der Waals surface area contributed by atoms with E-state index in [1.165, 1.54) is 0 Å². The second kappa shape index (κ2) is 5.10. The molecule has 0 aromatic rings. The molecular weight excluding hydrogens is 224 g/mol. The minimum absolute atomic E-state index is 0.00709. The minimum Gasteiger partial charge on any atom is -0.368 e. The summed E-state index contributed by atoms with van der Waals surface area (Å²) in [5, 5.41) is 3.72. The van der Waals surface area contributed by atoms with Crippen LogP contribution in [-0.4, -0.2) is 49.3 Å². The van der Waals surface area contributed by atoms with Crippen LogP contribution >= 0.6 is 0 Å². The molecule has 1 unspecified atom stereocenters. The van der Waals surface area contributed by atoms with Gasteiger partial charge >= 0.3 is 0 Å². The molecule has 1 atom stereocenters. The van der Waals surface area contributed by atoms with Crippen LogP contribution < -0.4 is 5.32 Å². The Hall–Kier alpha value is -0.120. The van der Waals surface area contributed by atoms with Crippen molar-refractivity contribution in [1.82, 2.24) is 10.2 Å². The van der Waals surface area contributed by atoms with Gasteiger partial charge in [0.05, 0.1) is 11.2 Å². The number of ether oxygens (including phenoxy) is 1. The third-order valence-corrected chi connectivity index (χ3v) is 3.65. The van der Waals surface area contributed by atoms with Crippen LogP contribution in [0.2, 0.25) is 0 Å². The minimum atomic E-state index is -0.0717. The number of hydrogen-bond donors (Lipinski definition) is 1. The smallest absolute Gasteiger partial charge is 0.0787 e. The molecule has 1 aliphatic rings. The monoisotopic (exact) mass is 256 g/mol. The van der Waals surface area contributed by atoms with E-state index in [2.05, 4.69) is 65.9 Å². The molecule has 0 spiro atoms. The van der Waals surface area contributed by atoms with Gasteiger partial charge in [-0.05, 0) is 53.6 Å². The molecule has 18 heavy (non-hydrogen) atoms. The molecule has 0 aliphatic carbocycles. The molecule has 1 saturated heterocycles. The standard InChI is InChI=1S/C15H32N2O/c1-13(2,11-17(7)8)10-16-12-9-14(3,4)18-15(12,5)6/h12,16H,9-11H2,1-8H3. The first-order valence-corrected chi connectivity index (χ1v) is 7.02. The fourth-order valence-corrected chi connectivity index (χ4v) is 3.19. The molecule has 1 N–H and O–H groups in total. The first kappa shape index (κ1) is 15.9. The average Bonchev–Trinajstić information content (AvgIpc) is 2.28. The highest BCUT2D eigenvalue weighted by Gasteiger charge is 2.45. The SMILES string of the molecule is CN(C)CC(C)(C)CNC1CC(C)(C)OC1(C)C. The molecule has 108 valence electrons. The number of rotatable bonds is 5. The van der Waals surface area contributed by atoms with Gasteiger partial charge in [-0.3, -0.25) is 0 Å². The predicted molar refractivity (Wildman–Crippen MR) is 78.0 cm³/mol. The van der Waals surface area contributed by atoms with Gasteiger partial charge in [0, 0.05) is 19.1 Å². The van der Waals surface area contributed by atoms with Crippen LogP contribution in [0.5, 0.6) is 0 Å². The molecular formula is C15H32N2O. The molecule has 0 aromatic carbocycles. The topological polar surface area (TPSA) is 24.5 Å². The maximum Gasteiger partial charge on any atom is 0.0787 e. The third kappa shape index (κ3) is 4.52. The van der Waals surface area contributed by atoms with E-state index in [0.717, 1.165) is 19.5 Å². The zero-order chi connectivity index (χ0) is 14.2. The highest BCUT2D eigenvalue weighted by Crippen LogP contribution is 2.37. The van der Waals surface area contributed by atoms with Gasteiger partial charge in [0.15, 0.2) is 0 Å². The van der Waals surface area contributed by atoms with Gasteiger partial charge < -0.3 is 15.0 Å². The van der Waals surface area contributed by atoms with Gasteiger partial charge in [-0.15, -0.1) is 0 Å². The molecule has 0 bridgehead atoms. The van der Waals surface area contributed by atoms with Crippen LogP contribution in [0.1, 0.15) is 48.0 Å². The van der Waals surface area contributed by atoms with E-state index < -0.39 is 0 Å². The molecule has 1 fully saturated rings. The Morgan fingerprint density at radius 1 is 1.22 bits per heavy atom. The van der Waals surface area contributed by atoms with Crippen LogP contribution in [0.15, 0.2) is 0 Å². The summed E-state index contributed by atoms with van der Waals surface area (Å²) < 4.78 is 6.12. The number of nitrogens with one attached hydrogen (secondary N) is 1. The molecule has 1 aliphatic heterocycles. The predicted octanol–water partition coefficient (Wildman–Crippen LogP) is 2.51. The lowest BCUT2D eigenvalue weighted by molar-refractivity contribution is -0.0702. The lowest BCUT2D eigenvalue weighted by Gasteiger charge is -2.33. The van der Waals surface area contributed by atoms with E-state index >= 15 is 0 Å². The van der Waals surface area contributed by atoms with Gasteiger partial charge in [-0.2, -0.15) is 0 Å². The Bertz CT molecular complexity index is 282. The fourth-order valence-electron chi connectivity index (χ4n) is 3.19. The van der Waals surface area contributed by atoms with E-state index in [1.54, 1.807) is 0 Å². The van der Waals surface area contributed by atoms with Crippen molar-refractivity contribution in [2.75, 3.05) is 27.2 Å². The van der Waals surface area contributed by atoms with E-state index in [0.29, 0.717) is 6.04 Å². The molecule has 0 saturated carbocycles. The Morgan fingerprint density at radius 3 is 2.17 bits per heavy atom. The Kier molecular flexibility index (Phi) is 4.52. The van der Waals surface area contributed by atoms with Crippen LogP contribution in [-0.2, 0) is 4.74 Å². The van der Waals surface area contributed by atoms with Crippen LogP contribution in [0.25, 0.3) is 0 Å². The van der Waals surface area contributed by atoms with Crippen LogP contribution in [0, 0.1) is 5.41 Å². The average molecular weight is 256 g/mol. The maximum absolute atomic E-state index is 6.12. The lowest BCUT2D eigenvalue weighted by atomic mass is 9.89. The van der Waals surface area contributed by atoms with E-state index in [-0.39, 0.29) is 16.6 Å². The molecule has 3 nitrogen and oxygen atoms in total. The number of hydrogen-bond acceptors (Lipinski definition) is 3. The van der Waals surface area contributed by atoms with Crippen molar-refractivity contribution < 1.29 is 4.74 Å². The van der Waals surface area contributed by atoms with Crippen LogP contribution in [0.3, 0.4) is 0 Å². The molecule has 1 rings (SSSR count). The molecule has 0 amide bonds. The van der Waals surface area contributed by atoms with Crippen molar-refractivity contribution in [2.24, 2.45) is 5.41 Å². The van der Waals surface area contributed by atoms with E-state index in [4.69, 9.17) is 4.74 Å². The van der Waals surface area contributed by atoms with Gasteiger partial charge in [0.25, 0.3) is 0 Å². The Labute approximate surface area is 113 Å². The maximum atomic E-state index is 6.12. The van der Waals surface area contributed by atoms with E-state index in [1.807, 2.05) is 0 Å². The summed E-state index contributed by atoms with van der Waals surface area (Å²) in [6.07, 6.45) is 1.08. The highest BCUT2D eigenvalue weighted by atomic mass is 16.5. The lowest BCUT2D eigenvalue weighted by Crippen LogP contribution is -2.48. The summed E-state index contributed by atoms with van der Waals surface area (Å²) in [5.41, 5.74) is 0.205. The quantitative estimate of drug-likeness (QED) is 0.818. The summed E-state index contributed by atoms with van der Waals surface area (Å²) in [7, 11) is 4.26. The largest absolute Gasteiger partial charge is 0.368 e. The van der Waals surface area contributed by atoms with E-state index in [9.17, 15) is 0 Å². The molecule has 1 heterocycles. The highest BCUT2D eigenvalue weighted by molar-refractivity contribution is 4.99. The van der Waals surface area contributed by atoms with Crippen molar-refractivity contribution in [3.05, 3.63) is 0 Å². The molecule has 0 aromatic heterocycles. The van der Waals surface area contributed by atoms with Crippen molar-refractivity contribution in [1.29, 1.82) is 0 Å². The molecule has 3 heteroatoms. The summed E-state index contributed by atoms with van der Waals surface area (Å²) in [6, 6.07) is 0.439. The first-order valence-electron chi connectivity index (χ1n) is 7.02.